The third-order valence-electron chi connectivity index (χ3n) is 8.31. The molecule has 0 aromatic heterocycles. The van der Waals surface area contributed by atoms with Crippen LogP contribution in [0.2, 0.25) is 0 Å². The Bertz CT molecular complexity index is 1310. The van der Waals surface area contributed by atoms with E-state index in [2.05, 4.69) is 17.4 Å². The molecule has 2 aromatic rings. The minimum absolute atomic E-state index is 0.0691. The van der Waals surface area contributed by atoms with Crippen molar-refractivity contribution in [3.63, 3.8) is 0 Å². The maximum Gasteiger partial charge on any atom is 0.254 e. The highest BCUT2D eigenvalue weighted by atomic mass is 19.1. The van der Waals surface area contributed by atoms with E-state index in [-0.39, 0.29) is 35.5 Å². The van der Waals surface area contributed by atoms with E-state index in [1.165, 1.54) is 11.0 Å². The normalized spacial score (nSPS) is 27.1. The van der Waals surface area contributed by atoms with Gasteiger partial charge in [-0.15, -0.1) is 0 Å². The summed E-state index contributed by atoms with van der Waals surface area (Å²) in [7, 11) is 0. The number of carbonyl (C=O) groups is 2. The zero-order valence-electron chi connectivity index (χ0n) is 22.6. The van der Waals surface area contributed by atoms with Crippen molar-refractivity contribution in [1.29, 1.82) is 0 Å². The summed E-state index contributed by atoms with van der Waals surface area (Å²) in [6, 6.07) is 9.80. The van der Waals surface area contributed by atoms with Crippen molar-refractivity contribution < 1.29 is 18.7 Å². The topological polar surface area (TPSA) is 97.0 Å². The molecule has 0 aliphatic carbocycles. The van der Waals surface area contributed by atoms with Gasteiger partial charge in [-0.1, -0.05) is 37.6 Å². The molecule has 8 heteroatoms. The predicted octanol–water partition coefficient (Wildman–Crippen LogP) is 5.34. The van der Waals surface area contributed by atoms with Crippen LogP contribution in [0.3, 0.4) is 0 Å². The molecule has 4 aliphatic rings. The number of rotatable bonds is 1. The standard InChI is InChI=1S/C30H37FN4O3/c1-5-30-14-7-6-9-19-12-13-24-22(15-19)23(16-29(3,4)38-24)33-27(37)21-11-8-10-20(26(21)31)18(2)35(25(36)17-30)28(32)34-30/h8,10-13,15,18,23H,5-7,9,14,16-17H2,1-4H3,(H2,32,34)(H,33,37)/t18-,23+,30-/m1/s1. The molecule has 3 N–H and O–H groups in total. The zero-order valence-corrected chi connectivity index (χ0v) is 22.6. The van der Waals surface area contributed by atoms with Crippen LogP contribution in [-0.4, -0.2) is 33.8 Å². The number of fused-ring (bicyclic) bond motifs is 5. The summed E-state index contributed by atoms with van der Waals surface area (Å²) in [5.74, 6) is -0.492. The van der Waals surface area contributed by atoms with E-state index in [4.69, 9.17) is 15.5 Å². The molecule has 4 heterocycles. The second-order valence-electron chi connectivity index (χ2n) is 11.5. The molecular formula is C30H37FN4O3. The van der Waals surface area contributed by atoms with E-state index in [0.29, 0.717) is 12.8 Å². The van der Waals surface area contributed by atoms with Crippen LogP contribution in [0, 0.1) is 5.82 Å². The van der Waals surface area contributed by atoms with Crippen LogP contribution in [0.5, 0.6) is 5.75 Å². The molecule has 0 spiro atoms. The van der Waals surface area contributed by atoms with Gasteiger partial charge < -0.3 is 15.8 Å². The Labute approximate surface area is 223 Å². The number of hydrogen-bond donors (Lipinski definition) is 2. The van der Waals surface area contributed by atoms with Crippen molar-refractivity contribution >= 4 is 17.8 Å². The lowest BCUT2D eigenvalue weighted by molar-refractivity contribution is -0.131. The second kappa shape index (κ2) is 9.71. The van der Waals surface area contributed by atoms with E-state index in [9.17, 15) is 9.59 Å². The number of amides is 2. The number of hydrogen-bond acceptors (Lipinski definition) is 5. The van der Waals surface area contributed by atoms with Gasteiger partial charge in [0.2, 0.25) is 5.91 Å². The Morgan fingerprint density at radius 3 is 2.71 bits per heavy atom. The molecular weight excluding hydrogens is 483 g/mol. The molecule has 2 amide bonds. The fourth-order valence-corrected chi connectivity index (χ4v) is 6.16. The van der Waals surface area contributed by atoms with Crippen molar-refractivity contribution in [2.75, 3.05) is 0 Å². The van der Waals surface area contributed by atoms with Crippen molar-refractivity contribution in [1.82, 2.24) is 10.2 Å². The largest absolute Gasteiger partial charge is 0.487 e. The van der Waals surface area contributed by atoms with Gasteiger partial charge in [0.25, 0.3) is 5.91 Å². The first-order valence-electron chi connectivity index (χ1n) is 13.6. The number of aryl methyl sites for hydroxylation is 1. The number of ether oxygens (including phenoxy) is 1. The predicted molar refractivity (Wildman–Crippen MR) is 144 cm³/mol. The van der Waals surface area contributed by atoms with Crippen LogP contribution in [0.1, 0.15) is 105 Å². The van der Waals surface area contributed by atoms with Gasteiger partial charge in [0.05, 0.1) is 29.6 Å². The first-order valence-corrected chi connectivity index (χ1v) is 13.6. The lowest BCUT2D eigenvalue weighted by Gasteiger charge is -2.40. The van der Waals surface area contributed by atoms with Crippen LogP contribution >= 0.6 is 0 Å². The molecule has 202 valence electrons. The fourth-order valence-electron chi connectivity index (χ4n) is 6.16. The number of guanidine groups is 1. The molecule has 2 aromatic carbocycles. The monoisotopic (exact) mass is 520 g/mol. The molecule has 7 nitrogen and oxygen atoms in total. The first kappa shape index (κ1) is 26.2. The highest BCUT2D eigenvalue weighted by Crippen LogP contribution is 2.41. The molecule has 3 atom stereocenters. The van der Waals surface area contributed by atoms with Crippen molar-refractivity contribution in [3.8, 4) is 5.75 Å². The maximum absolute atomic E-state index is 15.9. The molecule has 6 rings (SSSR count). The number of benzene rings is 2. The number of aliphatic imine (C=N–C) groups is 1. The Kier molecular flexibility index (Phi) is 6.70. The Morgan fingerprint density at radius 1 is 1.18 bits per heavy atom. The lowest BCUT2D eigenvalue weighted by atomic mass is 9.84. The van der Waals surface area contributed by atoms with Crippen molar-refractivity contribution in [2.45, 2.75) is 95.9 Å². The highest BCUT2D eigenvalue weighted by Gasteiger charge is 2.41. The van der Waals surface area contributed by atoms with Crippen LogP contribution < -0.4 is 15.8 Å². The number of nitrogens with one attached hydrogen (secondary N) is 1. The molecule has 0 unspecified atom stereocenters. The van der Waals surface area contributed by atoms with E-state index < -0.39 is 28.9 Å². The van der Waals surface area contributed by atoms with Gasteiger partial charge in [-0.05, 0) is 64.2 Å². The SMILES string of the molecule is CC[C@@]12CCCCc3ccc4c(c3)[C@H](CC(C)(C)O4)NC(=O)c3cccc(c3F)[C@@H](C)N(C(=O)C1)C(N)=N2. The maximum atomic E-state index is 15.9. The first-order chi connectivity index (χ1) is 18.0. The van der Waals surface area contributed by atoms with Gasteiger partial charge >= 0.3 is 0 Å². The second-order valence-corrected chi connectivity index (χ2v) is 11.5. The number of halogens is 1. The highest BCUT2D eigenvalue weighted by molar-refractivity contribution is 6.00. The molecule has 38 heavy (non-hydrogen) atoms. The molecule has 6 bridgehead atoms. The average molecular weight is 521 g/mol. The summed E-state index contributed by atoms with van der Waals surface area (Å²) in [4.78, 5) is 33.0. The molecule has 0 saturated carbocycles. The van der Waals surface area contributed by atoms with E-state index in [1.807, 2.05) is 26.8 Å². The Morgan fingerprint density at radius 2 is 1.97 bits per heavy atom. The van der Waals surface area contributed by atoms with E-state index in [1.54, 1.807) is 19.1 Å². The quantitative estimate of drug-likeness (QED) is 0.530. The molecule has 0 radical (unpaired) electrons. The molecule has 0 saturated heterocycles. The summed E-state index contributed by atoms with van der Waals surface area (Å²) in [6.07, 6.45) is 4.91. The summed E-state index contributed by atoms with van der Waals surface area (Å²) in [5.41, 5.74) is 7.54. The van der Waals surface area contributed by atoms with Gasteiger partial charge in [-0.2, -0.15) is 0 Å². The molecule has 0 fully saturated rings. The van der Waals surface area contributed by atoms with Gasteiger partial charge in [0.15, 0.2) is 5.96 Å². The Balaban J connectivity index is 1.59. The average Bonchev–Trinajstić information content (AvgIpc) is 2.85. The van der Waals surface area contributed by atoms with Gasteiger partial charge in [0, 0.05) is 17.5 Å². The van der Waals surface area contributed by atoms with Crippen LogP contribution in [0.25, 0.3) is 0 Å². The van der Waals surface area contributed by atoms with Crippen molar-refractivity contribution in [2.24, 2.45) is 10.7 Å². The van der Waals surface area contributed by atoms with E-state index >= 15 is 4.39 Å². The van der Waals surface area contributed by atoms with Crippen LogP contribution in [-0.2, 0) is 11.2 Å². The summed E-state index contributed by atoms with van der Waals surface area (Å²) in [5, 5.41) is 3.07. The third kappa shape index (κ3) is 4.76. The van der Waals surface area contributed by atoms with Gasteiger partial charge in [-0.3, -0.25) is 14.5 Å². The minimum atomic E-state index is -0.710. The van der Waals surface area contributed by atoms with Gasteiger partial charge in [0.1, 0.15) is 17.2 Å². The lowest BCUT2D eigenvalue weighted by Crippen LogP contribution is -2.52. The summed E-state index contributed by atoms with van der Waals surface area (Å²) >= 11 is 0. The van der Waals surface area contributed by atoms with Crippen molar-refractivity contribution in [3.05, 3.63) is 64.5 Å². The summed E-state index contributed by atoms with van der Waals surface area (Å²) in [6.45, 7) is 7.72. The van der Waals surface area contributed by atoms with Gasteiger partial charge in [-0.25, -0.2) is 9.38 Å². The minimum Gasteiger partial charge on any atom is -0.487 e. The Hall–Kier alpha value is -3.42. The number of nitrogens with zero attached hydrogens (tertiary/aromatic N) is 2. The number of nitrogens with two attached hydrogens (primary N) is 1. The van der Waals surface area contributed by atoms with Crippen LogP contribution in [0.4, 0.5) is 4.39 Å². The van der Waals surface area contributed by atoms with E-state index in [0.717, 1.165) is 42.6 Å². The fraction of sp³-hybridized carbons (Fsp3) is 0.500. The smallest absolute Gasteiger partial charge is 0.254 e. The third-order valence-corrected chi connectivity index (χ3v) is 8.31. The summed E-state index contributed by atoms with van der Waals surface area (Å²) < 4.78 is 22.1. The zero-order chi connectivity index (χ0) is 27.2. The number of carbonyl (C=O) groups excluding carboxylic acids is 2. The molecule has 4 aliphatic heterocycles. The van der Waals surface area contributed by atoms with Crippen LogP contribution in [0.15, 0.2) is 41.4 Å².